The zero-order valence-electron chi connectivity index (χ0n) is 11.4. The second-order valence-corrected chi connectivity index (χ2v) is 4.39. The second-order valence-electron chi connectivity index (χ2n) is 4.39. The molecule has 2 aromatic rings. The van der Waals surface area contributed by atoms with Crippen LogP contribution in [0.4, 0.5) is 5.82 Å². The van der Waals surface area contributed by atoms with Gasteiger partial charge in [0.25, 0.3) is 0 Å². The molecule has 0 aliphatic heterocycles. The van der Waals surface area contributed by atoms with Gasteiger partial charge in [0.2, 0.25) is 0 Å². The van der Waals surface area contributed by atoms with Gasteiger partial charge in [-0.1, -0.05) is 0 Å². The van der Waals surface area contributed by atoms with Gasteiger partial charge >= 0.3 is 0 Å². The third-order valence-electron chi connectivity index (χ3n) is 2.94. The van der Waals surface area contributed by atoms with Crippen molar-refractivity contribution in [3.63, 3.8) is 0 Å². The number of rotatable bonds is 6. The fraction of sp³-hybridized carbons (Fsp3) is 0.357. The van der Waals surface area contributed by atoms with E-state index in [2.05, 4.69) is 25.4 Å². The summed E-state index contributed by atoms with van der Waals surface area (Å²) in [7, 11) is 4.00. The van der Waals surface area contributed by atoms with Gasteiger partial charge in [-0.05, 0) is 44.3 Å². The second kappa shape index (κ2) is 6.80. The van der Waals surface area contributed by atoms with E-state index in [0.717, 1.165) is 36.6 Å². The highest BCUT2D eigenvalue weighted by Crippen LogP contribution is 2.16. The summed E-state index contributed by atoms with van der Waals surface area (Å²) in [4.78, 5) is 6.11. The Labute approximate surface area is 113 Å². The van der Waals surface area contributed by atoms with E-state index in [4.69, 9.17) is 0 Å². The maximum atomic E-state index is 4.27. The number of hydrogen-bond donors (Lipinski definition) is 1. The number of nitrogens with one attached hydrogen (secondary N) is 1. The Hall–Kier alpha value is -2.01. The van der Waals surface area contributed by atoms with E-state index in [1.54, 1.807) is 12.4 Å². The van der Waals surface area contributed by atoms with Crippen molar-refractivity contribution < 1.29 is 0 Å². The van der Waals surface area contributed by atoms with Crippen LogP contribution in [0, 0.1) is 0 Å². The van der Waals surface area contributed by atoms with Gasteiger partial charge in [0.05, 0.1) is 5.69 Å². The Morgan fingerprint density at radius 2 is 1.89 bits per heavy atom. The zero-order valence-corrected chi connectivity index (χ0v) is 11.4. The summed E-state index contributed by atoms with van der Waals surface area (Å²) in [6.07, 6.45) is 4.60. The molecule has 0 aromatic carbocycles. The third-order valence-corrected chi connectivity index (χ3v) is 2.94. The van der Waals surface area contributed by atoms with Crippen molar-refractivity contribution in [3.05, 3.63) is 36.7 Å². The van der Waals surface area contributed by atoms with Crippen molar-refractivity contribution in [1.29, 1.82) is 0 Å². The van der Waals surface area contributed by atoms with Crippen LogP contribution in [0.2, 0.25) is 0 Å². The molecule has 5 heteroatoms. The highest BCUT2D eigenvalue weighted by molar-refractivity contribution is 5.58. The fourth-order valence-electron chi connectivity index (χ4n) is 1.81. The summed E-state index contributed by atoms with van der Waals surface area (Å²) < 4.78 is 0. The Bertz CT molecular complexity index is 483. The van der Waals surface area contributed by atoms with Gasteiger partial charge in [0.15, 0.2) is 5.82 Å². The van der Waals surface area contributed by atoms with Crippen LogP contribution in [-0.2, 0) is 0 Å². The molecule has 0 fully saturated rings. The average molecular weight is 257 g/mol. The maximum Gasteiger partial charge on any atom is 0.151 e. The first-order chi connectivity index (χ1) is 9.31. The number of anilines is 1. The predicted molar refractivity (Wildman–Crippen MR) is 77.1 cm³/mol. The van der Waals surface area contributed by atoms with Crippen molar-refractivity contribution in [2.24, 2.45) is 0 Å². The summed E-state index contributed by atoms with van der Waals surface area (Å²) in [5, 5.41) is 11.7. The highest BCUT2D eigenvalue weighted by Gasteiger charge is 2.04. The van der Waals surface area contributed by atoms with Crippen molar-refractivity contribution in [2.75, 3.05) is 32.1 Å². The lowest BCUT2D eigenvalue weighted by Crippen LogP contribution is -2.23. The minimum atomic E-state index is 0.870. The summed E-state index contributed by atoms with van der Waals surface area (Å²) in [5.74, 6) is 0.897. The molecule has 0 bridgehead atoms. The topological polar surface area (TPSA) is 53.9 Å². The molecule has 0 aliphatic rings. The van der Waals surface area contributed by atoms with Crippen molar-refractivity contribution in [2.45, 2.75) is 6.42 Å². The van der Waals surface area contributed by atoms with Crippen LogP contribution in [0.25, 0.3) is 11.3 Å². The van der Waals surface area contributed by atoms with E-state index in [0.29, 0.717) is 0 Å². The van der Waals surface area contributed by atoms with E-state index < -0.39 is 0 Å². The van der Waals surface area contributed by atoms with Gasteiger partial charge in [-0.25, -0.2) is 0 Å². The van der Waals surface area contributed by atoms with E-state index in [-0.39, 0.29) is 0 Å². The average Bonchev–Trinajstić information content (AvgIpc) is 2.48. The van der Waals surface area contributed by atoms with Crippen molar-refractivity contribution in [1.82, 2.24) is 20.5 Å². The van der Waals surface area contributed by atoms with Gasteiger partial charge in [0, 0.05) is 31.5 Å². The molecule has 0 radical (unpaired) electrons. The van der Waals surface area contributed by atoms with E-state index in [9.17, 15) is 0 Å². The van der Waals surface area contributed by atoms with Crippen LogP contribution in [0.15, 0.2) is 36.7 Å². The minimum Gasteiger partial charge on any atom is -0.358 e. The fourth-order valence-corrected chi connectivity index (χ4v) is 1.81. The van der Waals surface area contributed by atoms with Crippen LogP contribution in [0.3, 0.4) is 0 Å². The number of pyridine rings is 1. The first-order valence-electron chi connectivity index (χ1n) is 6.41. The molecule has 2 rings (SSSR count). The quantitative estimate of drug-likeness (QED) is 0.796. The first kappa shape index (κ1) is 13.4. The minimum absolute atomic E-state index is 0.870. The molecule has 5 nitrogen and oxygen atoms in total. The van der Waals surface area contributed by atoms with Gasteiger partial charge < -0.3 is 10.2 Å². The maximum absolute atomic E-state index is 4.27. The Morgan fingerprint density at radius 1 is 1.11 bits per heavy atom. The standard InChI is InChI=1S/C14H19N5/c1-15-8-3-11-19(2)14-5-4-13(17-18-14)12-6-9-16-10-7-12/h4-7,9-10,15H,3,8,11H2,1-2H3. The number of aromatic nitrogens is 3. The number of nitrogens with zero attached hydrogens (tertiary/aromatic N) is 4. The van der Waals surface area contributed by atoms with Crippen LogP contribution >= 0.6 is 0 Å². The van der Waals surface area contributed by atoms with Crippen LogP contribution in [-0.4, -0.2) is 42.4 Å². The lowest BCUT2D eigenvalue weighted by Gasteiger charge is -2.17. The molecule has 19 heavy (non-hydrogen) atoms. The van der Waals surface area contributed by atoms with Crippen LogP contribution in [0.1, 0.15) is 6.42 Å². The smallest absolute Gasteiger partial charge is 0.151 e. The Balaban J connectivity index is 2.02. The molecule has 2 aromatic heterocycles. The SMILES string of the molecule is CNCCCN(C)c1ccc(-c2ccncc2)nn1. The summed E-state index contributed by atoms with van der Waals surface area (Å²) in [6, 6.07) is 7.86. The molecule has 0 spiro atoms. The summed E-state index contributed by atoms with van der Waals surface area (Å²) >= 11 is 0. The largest absolute Gasteiger partial charge is 0.358 e. The van der Waals surface area contributed by atoms with E-state index in [1.165, 1.54) is 0 Å². The molecule has 0 atom stereocenters. The molecule has 0 amide bonds. The molecule has 0 saturated heterocycles. The third kappa shape index (κ3) is 3.72. The molecular formula is C14H19N5. The van der Waals surface area contributed by atoms with Crippen molar-refractivity contribution in [3.8, 4) is 11.3 Å². The molecule has 2 heterocycles. The van der Waals surface area contributed by atoms with Gasteiger partial charge in [-0.15, -0.1) is 10.2 Å². The van der Waals surface area contributed by atoms with E-state index in [1.807, 2.05) is 38.4 Å². The predicted octanol–water partition coefficient (Wildman–Crippen LogP) is 1.58. The van der Waals surface area contributed by atoms with Gasteiger partial charge in [-0.3, -0.25) is 4.98 Å². The van der Waals surface area contributed by atoms with Crippen LogP contribution in [0.5, 0.6) is 0 Å². The van der Waals surface area contributed by atoms with Gasteiger partial charge in [-0.2, -0.15) is 0 Å². The molecule has 0 aliphatic carbocycles. The summed E-state index contributed by atoms with van der Waals surface area (Å²) in [5.41, 5.74) is 1.90. The molecular weight excluding hydrogens is 238 g/mol. The Morgan fingerprint density at radius 3 is 2.53 bits per heavy atom. The Kier molecular flexibility index (Phi) is 4.80. The monoisotopic (exact) mass is 257 g/mol. The highest BCUT2D eigenvalue weighted by atomic mass is 15.2. The number of hydrogen-bond acceptors (Lipinski definition) is 5. The molecule has 1 N–H and O–H groups in total. The van der Waals surface area contributed by atoms with Crippen LogP contribution < -0.4 is 10.2 Å². The lowest BCUT2D eigenvalue weighted by atomic mass is 10.2. The molecule has 0 saturated carbocycles. The normalized spacial score (nSPS) is 10.4. The lowest BCUT2D eigenvalue weighted by molar-refractivity contribution is 0.706. The molecule has 0 unspecified atom stereocenters. The van der Waals surface area contributed by atoms with E-state index >= 15 is 0 Å². The van der Waals surface area contributed by atoms with Crippen molar-refractivity contribution >= 4 is 5.82 Å². The summed E-state index contributed by atoms with van der Waals surface area (Å²) in [6.45, 7) is 1.97. The van der Waals surface area contributed by atoms with Gasteiger partial charge in [0.1, 0.15) is 0 Å². The zero-order chi connectivity index (χ0) is 13.5. The molecule has 100 valence electrons. The first-order valence-corrected chi connectivity index (χ1v) is 6.41.